The predicted molar refractivity (Wildman–Crippen MR) is 34.4 cm³/mol. The minimum Gasteiger partial charge on any atom is -0.396 e. The number of rotatable bonds is 4. The molecule has 0 aliphatic heterocycles. The molecular weight excluding hydrogens is 100 g/mol. The first-order valence-corrected chi connectivity index (χ1v) is 2.96. The number of hydrogen-bond donors (Lipinski definition) is 1. The molecule has 0 aliphatic rings. The largest absolute Gasteiger partial charge is 0.396 e. The third-order valence-corrected chi connectivity index (χ3v) is 0.979. The average molecular weight is 112 g/mol. The van der Waals surface area contributed by atoms with Crippen LogP contribution < -0.4 is 0 Å². The zero-order valence-corrected chi connectivity index (χ0v) is 5.06. The van der Waals surface area contributed by atoms with Crippen molar-refractivity contribution in [2.45, 2.75) is 25.7 Å². The summed E-state index contributed by atoms with van der Waals surface area (Å²) >= 11 is 0. The van der Waals surface area contributed by atoms with Crippen LogP contribution in [0.3, 0.4) is 0 Å². The summed E-state index contributed by atoms with van der Waals surface area (Å²) in [6.07, 6.45) is 8.84. The Morgan fingerprint density at radius 1 is 1.25 bits per heavy atom. The first-order chi connectivity index (χ1) is 3.91. The summed E-state index contributed by atoms with van der Waals surface area (Å²) < 4.78 is 0. The van der Waals surface area contributed by atoms with Gasteiger partial charge in [0.05, 0.1) is 0 Å². The molecule has 0 aliphatic carbocycles. The van der Waals surface area contributed by atoms with Crippen molar-refractivity contribution in [2.75, 3.05) is 6.61 Å². The fraction of sp³-hybridized carbons (Fsp3) is 0.714. The normalized spacial score (nSPS) is 8.50. The maximum atomic E-state index is 8.31. The number of aliphatic hydroxyl groups excluding tert-OH is 1. The Bertz CT molecular complexity index is 70.9. The lowest BCUT2D eigenvalue weighted by molar-refractivity contribution is 0.283. The lowest BCUT2D eigenvalue weighted by Gasteiger charge is -1.90. The molecular formula is C7H12O. The van der Waals surface area contributed by atoms with E-state index in [0.717, 1.165) is 25.7 Å². The van der Waals surface area contributed by atoms with Crippen LogP contribution in [0.4, 0.5) is 0 Å². The van der Waals surface area contributed by atoms with Crippen LogP contribution in [0.25, 0.3) is 0 Å². The highest BCUT2D eigenvalue weighted by atomic mass is 16.2. The summed E-state index contributed by atoms with van der Waals surface area (Å²) in [4.78, 5) is 0. The Morgan fingerprint density at radius 3 is 2.50 bits per heavy atom. The smallest absolute Gasteiger partial charge is 0.0431 e. The molecule has 8 heavy (non-hydrogen) atoms. The molecule has 0 spiro atoms. The molecule has 1 nitrogen and oxygen atoms in total. The minimum atomic E-state index is 0.296. The van der Waals surface area contributed by atoms with E-state index in [0.29, 0.717) is 6.61 Å². The van der Waals surface area contributed by atoms with Gasteiger partial charge in [0.2, 0.25) is 0 Å². The van der Waals surface area contributed by atoms with Crippen LogP contribution in [0, 0.1) is 12.3 Å². The second-order valence-electron chi connectivity index (χ2n) is 1.74. The van der Waals surface area contributed by atoms with Gasteiger partial charge in [0.1, 0.15) is 0 Å². The summed E-state index contributed by atoms with van der Waals surface area (Å²) in [5.74, 6) is 2.54. The van der Waals surface area contributed by atoms with Crippen LogP contribution in [0.15, 0.2) is 0 Å². The second kappa shape index (κ2) is 6.52. The highest BCUT2D eigenvalue weighted by Gasteiger charge is 1.82. The van der Waals surface area contributed by atoms with Gasteiger partial charge in [-0.3, -0.25) is 0 Å². The zero-order valence-electron chi connectivity index (χ0n) is 5.06. The first-order valence-electron chi connectivity index (χ1n) is 2.96. The molecule has 46 valence electrons. The van der Waals surface area contributed by atoms with Gasteiger partial charge in [-0.05, 0) is 12.8 Å². The molecule has 0 atom stereocenters. The maximum Gasteiger partial charge on any atom is 0.0431 e. The molecule has 0 radical (unpaired) electrons. The van der Waals surface area contributed by atoms with Gasteiger partial charge in [0.25, 0.3) is 0 Å². The average Bonchev–Trinajstić information content (AvgIpc) is 1.81. The summed E-state index contributed by atoms with van der Waals surface area (Å²) in [6, 6.07) is 0. The molecule has 0 aromatic rings. The first kappa shape index (κ1) is 7.52. The third kappa shape index (κ3) is 5.52. The van der Waals surface area contributed by atoms with Crippen molar-refractivity contribution in [1.29, 1.82) is 0 Å². The predicted octanol–water partition coefficient (Wildman–Crippen LogP) is 1.17. The van der Waals surface area contributed by atoms with Gasteiger partial charge >= 0.3 is 0 Å². The standard InChI is InChI=1S/C7H12O/c1-2-3-4-5-6-7-8/h1,8H,3-7H2. The van der Waals surface area contributed by atoms with E-state index in [1.54, 1.807) is 0 Å². The molecule has 0 fully saturated rings. The quantitative estimate of drug-likeness (QED) is 0.427. The molecule has 0 aromatic carbocycles. The second-order valence-corrected chi connectivity index (χ2v) is 1.74. The molecule has 0 unspecified atom stereocenters. The Balaban J connectivity index is 2.65. The number of unbranched alkanes of at least 4 members (excludes halogenated alkanes) is 3. The molecule has 0 rings (SSSR count). The van der Waals surface area contributed by atoms with E-state index < -0.39 is 0 Å². The molecule has 0 bridgehead atoms. The number of aliphatic hydroxyl groups is 1. The molecule has 0 heterocycles. The molecule has 1 heteroatoms. The molecule has 0 saturated carbocycles. The highest BCUT2D eigenvalue weighted by molar-refractivity contribution is 4.82. The minimum absolute atomic E-state index is 0.296. The van der Waals surface area contributed by atoms with Gasteiger partial charge in [0.15, 0.2) is 0 Å². The van der Waals surface area contributed by atoms with E-state index in [9.17, 15) is 0 Å². The monoisotopic (exact) mass is 112 g/mol. The SMILES string of the molecule is C#CCCCCCO. The van der Waals surface area contributed by atoms with Crippen molar-refractivity contribution in [3.05, 3.63) is 0 Å². The fourth-order valence-corrected chi connectivity index (χ4v) is 0.516. The van der Waals surface area contributed by atoms with Gasteiger partial charge in [-0.15, -0.1) is 12.3 Å². The van der Waals surface area contributed by atoms with E-state index in [2.05, 4.69) is 5.92 Å². The lowest BCUT2D eigenvalue weighted by Crippen LogP contribution is -1.81. The molecule has 0 saturated heterocycles. The zero-order chi connectivity index (χ0) is 6.24. The van der Waals surface area contributed by atoms with E-state index in [1.807, 2.05) is 0 Å². The van der Waals surface area contributed by atoms with Crippen LogP contribution in [0.1, 0.15) is 25.7 Å². The van der Waals surface area contributed by atoms with E-state index >= 15 is 0 Å². The summed E-state index contributed by atoms with van der Waals surface area (Å²) in [5.41, 5.74) is 0. The van der Waals surface area contributed by atoms with Gasteiger partial charge in [0, 0.05) is 13.0 Å². The Labute approximate surface area is 50.7 Å². The molecule has 0 amide bonds. The van der Waals surface area contributed by atoms with Gasteiger partial charge in [-0.1, -0.05) is 6.42 Å². The van der Waals surface area contributed by atoms with Crippen LogP contribution in [0.2, 0.25) is 0 Å². The molecule has 0 aromatic heterocycles. The van der Waals surface area contributed by atoms with Crippen LogP contribution in [-0.4, -0.2) is 11.7 Å². The fourth-order valence-electron chi connectivity index (χ4n) is 0.516. The van der Waals surface area contributed by atoms with Crippen molar-refractivity contribution in [3.63, 3.8) is 0 Å². The molecule has 1 N–H and O–H groups in total. The summed E-state index contributed by atoms with van der Waals surface area (Å²) in [7, 11) is 0. The van der Waals surface area contributed by atoms with Crippen molar-refractivity contribution < 1.29 is 5.11 Å². The third-order valence-electron chi connectivity index (χ3n) is 0.979. The van der Waals surface area contributed by atoms with E-state index in [4.69, 9.17) is 11.5 Å². The van der Waals surface area contributed by atoms with E-state index in [1.165, 1.54) is 0 Å². The maximum absolute atomic E-state index is 8.31. The highest BCUT2D eigenvalue weighted by Crippen LogP contribution is 1.96. The van der Waals surface area contributed by atoms with Crippen LogP contribution >= 0.6 is 0 Å². The van der Waals surface area contributed by atoms with Gasteiger partial charge in [-0.2, -0.15) is 0 Å². The van der Waals surface area contributed by atoms with Crippen molar-refractivity contribution in [2.24, 2.45) is 0 Å². The van der Waals surface area contributed by atoms with Crippen molar-refractivity contribution in [3.8, 4) is 12.3 Å². The van der Waals surface area contributed by atoms with E-state index in [-0.39, 0.29) is 0 Å². The Kier molecular flexibility index (Phi) is 6.13. The van der Waals surface area contributed by atoms with Gasteiger partial charge < -0.3 is 5.11 Å². The number of hydrogen-bond acceptors (Lipinski definition) is 1. The van der Waals surface area contributed by atoms with Crippen molar-refractivity contribution in [1.82, 2.24) is 0 Å². The topological polar surface area (TPSA) is 20.2 Å². The summed E-state index contributed by atoms with van der Waals surface area (Å²) in [6.45, 7) is 0.296. The number of terminal acetylenes is 1. The lowest BCUT2D eigenvalue weighted by atomic mass is 10.2. The van der Waals surface area contributed by atoms with Crippen LogP contribution in [-0.2, 0) is 0 Å². The van der Waals surface area contributed by atoms with Gasteiger partial charge in [-0.25, -0.2) is 0 Å². The summed E-state index contributed by atoms with van der Waals surface area (Å²) in [5, 5.41) is 8.31. The Hall–Kier alpha value is -0.480. The Morgan fingerprint density at radius 2 is 2.00 bits per heavy atom. The van der Waals surface area contributed by atoms with Crippen molar-refractivity contribution >= 4 is 0 Å². The van der Waals surface area contributed by atoms with Crippen LogP contribution in [0.5, 0.6) is 0 Å².